The van der Waals surface area contributed by atoms with Crippen molar-refractivity contribution in [3.05, 3.63) is 0 Å². The molecule has 6 nitrogen and oxygen atoms in total. The van der Waals surface area contributed by atoms with Crippen molar-refractivity contribution in [2.75, 3.05) is 32.7 Å². The van der Waals surface area contributed by atoms with Crippen LogP contribution >= 0.6 is 0 Å². The third-order valence-corrected chi connectivity index (χ3v) is 6.42. The summed E-state index contributed by atoms with van der Waals surface area (Å²) in [7, 11) is 0. The quantitative estimate of drug-likeness (QED) is 0.716. The first-order valence-electron chi connectivity index (χ1n) is 10.6. The maximum absolute atomic E-state index is 12.5. The maximum atomic E-state index is 12.5. The van der Waals surface area contributed by atoms with Gasteiger partial charge in [-0.15, -0.1) is 0 Å². The molecule has 2 amide bonds. The average molecular weight is 365 g/mol. The van der Waals surface area contributed by atoms with Crippen molar-refractivity contribution >= 4 is 11.8 Å². The van der Waals surface area contributed by atoms with Crippen molar-refractivity contribution in [2.24, 2.45) is 5.92 Å². The van der Waals surface area contributed by atoms with Crippen LogP contribution in [0.1, 0.15) is 58.8 Å². The Morgan fingerprint density at radius 1 is 0.846 bits per heavy atom. The van der Waals surface area contributed by atoms with E-state index in [4.69, 9.17) is 0 Å². The summed E-state index contributed by atoms with van der Waals surface area (Å²) in [6.45, 7) is 8.22. The molecule has 0 radical (unpaired) electrons. The summed E-state index contributed by atoms with van der Waals surface area (Å²) < 4.78 is 0. The predicted octanol–water partition coefficient (Wildman–Crippen LogP) is 1.36. The fraction of sp³-hybridized carbons (Fsp3) is 0.900. The molecule has 2 unspecified atom stereocenters. The molecule has 26 heavy (non-hydrogen) atoms. The van der Waals surface area contributed by atoms with Crippen LogP contribution in [-0.4, -0.2) is 72.5 Å². The van der Waals surface area contributed by atoms with Crippen LogP contribution in [0.25, 0.3) is 0 Å². The van der Waals surface area contributed by atoms with E-state index in [0.29, 0.717) is 12.0 Å². The smallest absolute Gasteiger partial charge is 0.237 e. The lowest BCUT2D eigenvalue weighted by Crippen LogP contribution is -2.57. The largest absolute Gasteiger partial charge is 0.354 e. The van der Waals surface area contributed by atoms with Crippen LogP contribution in [0, 0.1) is 5.92 Å². The Labute approximate surface area is 158 Å². The Hall–Kier alpha value is -1.14. The van der Waals surface area contributed by atoms with Crippen LogP contribution < -0.4 is 10.6 Å². The van der Waals surface area contributed by atoms with Gasteiger partial charge in [0.25, 0.3) is 0 Å². The fourth-order valence-electron chi connectivity index (χ4n) is 4.18. The molecule has 3 rings (SSSR count). The van der Waals surface area contributed by atoms with Gasteiger partial charge in [-0.25, -0.2) is 0 Å². The SMILES string of the molecule is CC(C(=O)NCC1CCCCC1)N1CCN(C(C)C(=O)NC2CC2)CC1. The molecule has 2 aliphatic carbocycles. The summed E-state index contributed by atoms with van der Waals surface area (Å²) >= 11 is 0. The van der Waals surface area contributed by atoms with Gasteiger partial charge in [0.2, 0.25) is 11.8 Å². The summed E-state index contributed by atoms with van der Waals surface area (Å²) in [6, 6.07) is 0.253. The molecule has 0 aromatic carbocycles. The van der Waals surface area contributed by atoms with Gasteiger partial charge in [-0.2, -0.15) is 0 Å². The Bertz CT molecular complexity index is 480. The second-order valence-electron chi connectivity index (χ2n) is 8.46. The van der Waals surface area contributed by atoms with Crippen LogP contribution in [0.5, 0.6) is 0 Å². The highest BCUT2D eigenvalue weighted by Gasteiger charge is 2.32. The summed E-state index contributed by atoms with van der Waals surface area (Å²) in [5.41, 5.74) is 0. The average Bonchev–Trinajstić information content (AvgIpc) is 3.49. The number of hydrogen-bond donors (Lipinski definition) is 2. The van der Waals surface area contributed by atoms with Gasteiger partial charge in [0.1, 0.15) is 0 Å². The molecule has 0 aromatic rings. The lowest BCUT2D eigenvalue weighted by Gasteiger charge is -2.39. The van der Waals surface area contributed by atoms with Crippen LogP contribution in [-0.2, 0) is 9.59 Å². The van der Waals surface area contributed by atoms with Crippen LogP contribution in [0.2, 0.25) is 0 Å². The minimum atomic E-state index is -0.0867. The van der Waals surface area contributed by atoms with E-state index in [1.807, 2.05) is 13.8 Å². The highest BCUT2D eigenvalue weighted by atomic mass is 16.2. The summed E-state index contributed by atoms with van der Waals surface area (Å²) in [5.74, 6) is 0.977. The first kappa shape index (κ1) is 19.6. The van der Waals surface area contributed by atoms with E-state index in [2.05, 4.69) is 20.4 Å². The Kier molecular flexibility index (Phi) is 6.92. The van der Waals surface area contributed by atoms with E-state index in [1.54, 1.807) is 0 Å². The van der Waals surface area contributed by atoms with Crippen molar-refractivity contribution in [1.29, 1.82) is 0 Å². The minimum Gasteiger partial charge on any atom is -0.354 e. The molecular weight excluding hydrogens is 328 g/mol. The molecule has 3 fully saturated rings. The number of carbonyl (C=O) groups is 2. The topological polar surface area (TPSA) is 64.7 Å². The van der Waals surface area contributed by atoms with Crippen LogP contribution in [0.3, 0.4) is 0 Å². The third kappa shape index (κ3) is 5.43. The van der Waals surface area contributed by atoms with Crippen LogP contribution in [0.4, 0.5) is 0 Å². The Morgan fingerprint density at radius 2 is 1.38 bits per heavy atom. The predicted molar refractivity (Wildman–Crippen MR) is 103 cm³/mol. The zero-order valence-corrected chi connectivity index (χ0v) is 16.5. The molecule has 1 aliphatic heterocycles. The van der Waals surface area contributed by atoms with E-state index >= 15 is 0 Å². The van der Waals surface area contributed by atoms with E-state index in [0.717, 1.165) is 45.6 Å². The van der Waals surface area contributed by atoms with Crippen molar-refractivity contribution in [3.63, 3.8) is 0 Å². The fourth-order valence-corrected chi connectivity index (χ4v) is 4.18. The van der Waals surface area contributed by atoms with E-state index < -0.39 is 0 Å². The lowest BCUT2D eigenvalue weighted by atomic mass is 9.89. The molecule has 0 bridgehead atoms. The van der Waals surface area contributed by atoms with Gasteiger partial charge in [-0.3, -0.25) is 19.4 Å². The molecule has 2 atom stereocenters. The summed E-state index contributed by atoms with van der Waals surface area (Å²) in [5, 5.41) is 6.26. The van der Waals surface area contributed by atoms with Gasteiger partial charge in [-0.05, 0) is 45.4 Å². The van der Waals surface area contributed by atoms with Crippen molar-refractivity contribution < 1.29 is 9.59 Å². The number of nitrogens with zero attached hydrogens (tertiary/aromatic N) is 2. The van der Waals surface area contributed by atoms with Gasteiger partial charge in [0.05, 0.1) is 12.1 Å². The van der Waals surface area contributed by atoms with Gasteiger partial charge in [-0.1, -0.05) is 19.3 Å². The van der Waals surface area contributed by atoms with Crippen LogP contribution in [0.15, 0.2) is 0 Å². The molecule has 148 valence electrons. The molecular formula is C20H36N4O2. The molecule has 0 aromatic heterocycles. The maximum Gasteiger partial charge on any atom is 0.237 e. The monoisotopic (exact) mass is 364 g/mol. The molecule has 3 aliphatic rings. The molecule has 2 N–H and O–H groups in total. The lowest BCUT2D eigenvalue weighted by molar-refractivity contribution is -0.130. The van der Waals surface area contributed by atoms with Gasteiger partial charge >= 0.3 is 0 Å². The molecule has 1 saturated heterocycles. The second-order valence-corrected chi connectivity index (χ2v) is 8.46. The standard InChI is InChI=1S/C20H36N4O2/c1-15(19(25)21-14-17-6-4-3-5-7-17)23-10-12-24(13-11-23)16(2)20(26)22-18-8-9-18/h15-18H,3-14H2,1-2H3,(H,21,25)(H,22,26). The first-order valence-corrected chi connectivity index (χ1v) is 10.6. The number of hydrogen-bond acceptors (Lipinski definition) is 4. The minimum absolute atomic E-state index is 0.0758. The number of amides is 2. The summed E-state index contributed by atoms with van der Waals surface area (Å²) in [6.07, 6.45) is 8.74. The first-order chi connectivity index (χ1) is 12.5. The van der Waals surface area contributed by atoms with Gasteiger partial charge in [0, 0.05) is 38.8 Å². The zero-order chi connectivity index (χ0) is 18.5. The van der Waals surface area contributed by atoms with Crippen molar-refractivity contribution in [2.45, 2.75) is 76.9 Å². The highest BCUT2D eigenvalue weighted by molar-refractivity contribution is 5.82. The molecule has 1 heterocycles. The van der Waals surface area contributed by atoms with Gasteiger partial charge in [0.15, 0.2) is 0 Å². The Balaban J connectivity index is 1.37. The number of carbonyl (C=O) groups excluding carboxylic acids is 2. The van der Waals surface area contributed by atoms with Gasteiger partial charge < -0.3 is 10.6 Å². The normalized spacial score (nSPS) is 25.5. The Morgan fingerprint density at radius 3 is 1.92 bits per heavy atom. The molecule has 2 saturated carbocycles. The number of nitrogens with one attached hydrogen (secondary N) is 2. The summed E-state index contributed by atoms with van der Waals surface area (Å²) in [4.78, 5) is 29.2. The highest BCUT2D eigenvalue weighted by Crippen LogP contribution is 2.23. The molecule has 0 spiro atoms. The van der Waals surface area contributed by atoms with Crippen molar-refractivity contribution in [3.8, 4) is 0 Å². The number of rotatable bonds is 7. The van der Waals surface area contributed by atoms with E-state index in [-0.39, 0.29) is 23.9 Å². The number of piperazine rings is 1. The molecule has 6 heteroatoms. The van der Waals surface area contributed by atoms with E-state index in [9.17, 15) is 9.59 Å². The van der Waals surface area contributed by atoms with Crippen molar-refractivity contribution in [1.82, 2.24) is 20.4 Å². The third-order valence-electron chi connectivity index (χ3n) is 6.42. The zero-order valence-electron chi connectivity index (χ0n) is 16.5. The second kappa shape index (κ2) is 9.18. The van der Waals surface area contributed by atoms with E-state index in [1.165, 1.54) is 32.1 Å².